The number of H-pyrrole nitrogens is 1. The molecule has 1 aromatic carbocycles. The zero-order valence-corrected chi connectivity index (χ0v) is 12.5. The lowest BCUT2D eigenvalue weighted by Crippen LogP contribution is -1.93. The van der Waals surface area contributed by atoms with Gasteiger partial charge in [0, 0.05) is 18.1 Å². The van der Waals surface area contributed by atoms with Crippen LogP contribution in [0, 0.1) is 5.92 Å². The number of benzene rings is 1. The van der Waals surface area contributed by atoms with E-state index in [4.69, 9.17) is 23.2 Å². The molecule has 0 aliphatic heterocycles. The number of aromatic nitrogens is 3. The number of hydrogen-bond donors (Lipinski definition) is 1. The molecule has 0 saturated heterocycles. The average Bonchev–Trinajstić information content (AvgIpc) is 2.81. The number of hydrogen-bond acceptors (Lipinski definition) is 3. The first-order chi connectivity index (χ1) is 9.13. The lowest BCUT2D eigenvalue weighted by Gasteiger charge is -1.97. The van der Waals surface area contributed by atoms with E-state index in [1.807, 2.05) is 18.2 Å². The number of aromatic amines is 1. The molecule has 1 heterocycles. The second-order valence-electron chi connectivity index (χ2n) is 4.70. The van der Waals surface area contributed by atoms with Crippen molar-refractivity contribution in [2.75, 3.05) is 5.75 Å². The Bertz CT molecular complexity index is 556. The van der Waals surface area contributed by atoms with Crippen molar-refractivity contribution in [3.05, 3.63) is 41.7 Å². The fourth-order valence-electron chi connectivity index (χ4n) is 1.84. The summed E-state index contributed by atoms with van der Waals surface area (Å²) < 4.78 is -0.518. The first-order valence-electron chi connectivity index (χ1n) is 6.09. The van der Waals surface area contributed by atoms with Gasteiger partial charge in [-0.3, -0.25) is 5.10 Å². The summed E-state index contributed by atoms with van der Waals surface area (Å²) in [6, 6.07) is 10.2. The molecule has 1 atom stereocenters. The van der Waals surface area contributed by atoms with Gasteiger partial charge < -0.3 is 0 Å². The van der Waals surface area contributed by atoms with Crippen molar-refractivity contribution in [2.45, 2.75) is 22.3 Å². The lowest BCUT2D eigenvalue weighted by molar-refractivity contribution is 0.941. The molecule has 1 unspecified atom stereocenters. The van der Waals surface area contributed by atoms with Crippen LogP contribution in [0.4, 0.5) is 0 Å². The van der Waals surface area contributed by atoms with Crippen LogP contribution in [-0.2, 0) is 6.42 Å². The third kappa shape index (κ3) is 3.44. The minimum absolute atomic E-state index is 0.358. The first kappa shape index (κ1) is 13.3. The molecule has 3 rings (SSSR count). The van der Waals surface area contributed by atoms with Gasteiger partial charge in [-0.2, -0.15) is 0 Å². The number of nitrogens with one attached hydrogen (secondary N) is 1. The van der Waals surface area contributed by atoms with Crippen molar-refractivity contribution in [1.82, 2.24) is 15.2 Å². The molecule has 0 amide bonds. The molecule has 19 heavy (non-hydrogen) atoms. The molecule has 2 aromatic rings. The standard InChI is InChI=1S/C13H13Cl2N3S/c14-13(15)7-10(13)8-19-12-16-11(17-18-12)6-9-4-2-1-3-5-9/h1-5,10H,6-8H2,(H,16,17,18). The van der Waals surface area contributed by atoms with E-state index in [-0.39, 0.29) is 0 Å². The fraction of sp³-hybridized carbons (Fsp3) is 0.385. The van der Waals surface area contributed by atoms with Gasteiger partial charge in [0.05, 0.1) is 0 Å². The molecule has 100 valence electrons. The van der Waals surface area contributed by atoms with Crippen molar-refractivity contribution in [1.29, 1.82) is 0 Å². The highest BCUT2D eigenvalue weighted by molar-refractivity contribution is 7.99. The summed E-state index contributed by atoms with van der Waals surface area (Å²) in [6.45, 7) is 0. The number of nitrogens with zero attached hydrogens (tertiary/aromatic N) is 2. The van der Waals surface area contributed by atoms with Gasteiger partial charge in [0.15, 0.2) is 0 Å². The molecule has 3 nitrogen and oxygen atoms in total. The van der Waals surface area contributed by atoms with E-state index in [9.17, 15) is 0 Å². The lowest BCUT2D eigenvalue weighted by atomic mass is 10.1. The zero-order chi connectivity index (χ0) is 13.3. The Kier molecular flexibility index (Phi) is 3.74. The number of alkyl halides is 2. The molecule has 1 aliphatic rings. The van der Waals surface area contributed by atoms with Gasteiger partial charge >= 0.3 is 0 Å². The SMILES string of the molecule is ClC1(Cl)CC1CSc1n[nH]c(Cc2ccccc2)n1. The van der Waals surface area contributed by atoms with Gasteiger partial charge in [-0.15, -0.1) is 28.3 Å². The minimum atomic E-state index is -0.518. The van der Waals surface area contributed by atoms with Gasteiger partial charge in [0.1, 0.15) is 10.2 Å². The molecule has 1 aliphatic carbocycles. The van der Waals surface area contributed by atoms with Gasteiger partial charge in [-0.25, -0.2) is 4.98 Å². The predicted octanol–water partition coefficient (Wildman–Crippen LogP) is 3.68. The molecule has 0 radical (unpaired) electrons. The van der Waals surface area contributed by atoms with Crippen LogP contribution in [0.3, 0.4) is 0 Å². The van der Waals surface area contributed by atoms with Crippen LogP contribution < -0.4 is 0 Å². The van der Waals surface area contributed by atoms with E-state index in [1.165, 1.54) is 5.56 Å². The van der Waals surface area contributed by atoms with Crippen molar-refractivity contribution in [2.24, 2.45) is 5.92 Å². The normalized spacial score (nSPS) is 20.4. The Hall–Kier alpha value is -0.710. The Balaban J connectivity index is 1.55. The van der Waals surface area contributed by atoms with Gasteiger partial charge in [0.2, 0.25) is 5.16 Å². The Morgan fingerprint density at radius 1 is 1.32 bits per heavy atom. The third-order valence-corrected chi connectivity index (χ3v) is 5.03. The molecule has 1 aromatic heterocycles. The Morgan fingerprint density at radius 3 is 2.74 bits per heavy atom. The summed E-state index contributed by atoms with van der Waals surface area (Å²) in [5.41, 5.74) is 1.22. The van der Waals surface area contributed by atoms with E-state index < -0.39 is 4.33 Å². The predicted molar refractivity (Wildman–Crippen MR) is 78.9 cm³/mol. The quantitative estimate of drug-likeness (QED) is 0.676. The van der Waals surface area contributed by atoms with E-state index in [0.29, 0.717) is 5.92 Å². The Labute approximate surface area is 126 Å². The molecule has 0 spiro atoms. The van der Waals surface area contributed by atoms with Gasteiger partial charge in [-0.05, 0) is 12.0 Å². The smallest absolute Gasteiger partial charge is 0.208 e. The molecule has 1 saturated carbocycles. The number of rotatable bonds is 5. The molecule has 1 N–H and O–H groups in total. The van der Waals surface area contributed by atoms with Crippen LogP contribution in [0.2, 0.25) is 0 Å². The van der Waals surface area contributed by atoms with Crippen LogP contribution in [0.1, 0.15) is 17.8 Å². The third-order valence-electron chi connectivity index (χ3n) is 3.09. The first-order valence-corrected chi connectivity index (χ1v) is 7.83. The second-order valence-corrected chi connectivity index (χ2v) is 7.23. The van der Waals surface area contributed by atoms with E-state index >= 15 is 0 Å². The highest BCUT2D eigenvalue weighted by atomic mass is 35.5. The monoisotopic (exact) mass is 313 g/mol. The highest BCUT2D eigenvalue weighted by Crippen LogP contribution is 2.54. The number of halogens is 2. The largest absolute Gasteiger partial charge is 0.262 e. The molecular formula is C13H13Cl2N3S. The maximum absolute atomic E-state index is 5.99. The molecule has 0 bridgehead atoms. The summed E-state index contributed by atoms with van der Waals surface area (Å²) in [5, 5.41) is 7.94. The molecule has 1 fully saturated rings. The zero-order valence-electron chi connectivity index (χ0n) is 10.1. The van der Waals surface area contributed by atoms with E-state index in [1.54, 1.807) is 11.8 Å². The van der Waals surface area contributed by atoms with Crippen molar-refractivity contribution in [3.63, 3.8) is 0 Å². The van der Waals surface area contributed by atoms with Crippen LogP contribution in [0.15, 0.2) is 35.5 Å². The van der Waals surface area contributed by atoms with Crippen LogP contribution in [0.5, 0.6) is 0 Å². The van der Waals surface area contributed by atoms with Crippen molar-refractivity contribution in [3.8, 4) is 0 Å². The van der Waals surface area contributed by atoms with Crippen LogP contribution in [0.25, 0.3) is 0 Å². The molecular weight excluding hydrogens is 301 g/mol. The van der Waals surface area contributed by atoms with Crippen LogP contribution in [-0.4, -0.2) is 25.3 Å². The maximum Gasteiger partial charge on any atom is 0.208 e. The number of thioether (sulfide) groups is 1. The maximum atomic E-state index is 5.99. The second kappa shape index (κ2) is 5.35. The summed E-state index contributed by atoms with van der Waals surface area (Å²) in [5.74, 6) is 2.11. The van der Waals surface area contributed by atoms with Gasteiger partial charge in [-0.1, -0.05) is 42.1 Å². The van der Waals surface area contributed by atoms with E-state index in [0.717, 1.165) is 29.6 Å². The summed E-state index contributed by atoms with van der Waals surface area (Å²) in [7, 11) is 0. The minimum Gasteiger partial charge on any atom is -0.262 e. The van der Waals surface area contributed by atoms with Crippen LogP contribution >= 0.6 is 35.0 Å². The van der Waals surface area contributed by atoms with Gasteiger partial charge in [0.25, 0.3) is 0 Å². The topological polar surface area (TPSA) is 41.6 Å². The van der Waals surface area contributed by atoms with E-state index in [2.05, 4.69) is 27.3 Å². The average molecular weight is 314 g/mol. The summed E-state index contributed by atoms with van der Waals surface area (Å²) in [6.07, 6.45) is 1.64. The highest BCUT2D eigenvalue weighted by Gasteiger charge is 2.51. The van der Waals surface area contributed by atoms with Crippen molar-refractivity contribution >= 4 is 35.0 Å². The summed E-state index contributed by atoms with van der Waals surface area (Å²) >= 11 is 13.6. The fourth-order valence-corrected chi connectivity index (χ4v) is 3.58. The van der Waals surface area contributed by atoms with Crippen molar-refractivity contribution < 1.29 is 0 Å². The Morgan fingerprint density at radius 2 is 2.05 bits per heavy atom. The summed E-state index contributed by atoms with van der Waals surface area (Å²) in [4.78, 5) is 4.46. The molecule has 6 heteroatoms.